The third-order valence-electron chi connectivity index (χ3n) is 1.21. The van der Waals surface area contributed by atoms with Gasteiger partial charge in [0.25, 0.3) is 5.79 Å². The summed E-state index contributed by atoms with van der Waals surface area (Å²) in [7, 11) is 0.120. The van der Waals surface area contributed by atoms with Gasteiger partial charge in [0.15, 0.2) is 0 Å². The van der Waals surface area contributed by atoms with Gasteiger partial charge >= 0.3 is 6.18 Å². The van der Waals surface area contributed by atoms with E-state index in [0.29, 0.717) is 0 Å². The molecule has 2 radical (unpaired) electrons. The molecule has 0 saturated carbocycles. The monoisotopic (exact) mass is 339 g/mol. The quantitative estimate of drug-likeness (QED) is 0.417. The zero-order valence-corrected chi connectivity index (χ0v) is 12.7. The molecule has 0 spiro atoms. The Bertz CT molecular complexity index is 208. The van der Waals surface area contributed by atoms with Gasteiger partial charge in [-0.2, -0.15) is 13.2 Å². The summed E-state index contributed by atoms with van der Waals surface area (Å²) >= 11 is 0. The van der Waals surface area contributed by atoms with E-state index in [1.165, 1.54) is 0 Å². The predicted octanol–water partition coefficient (Wildman–Crippen LogP) is 2.43. The summed E-state index contributed by atoms with van der Waals surface area (Å²) < 4.78 is 61.6. The summed E-state index contributed by atoms with van der Waals surface area (Å²) in [6.45, 7) is 6.44. The summed E-state index contributed by atoms with van der Waals surface area (Å²) in [5.74, 6) is -8.69. The van der Waals surface area contributed by atoms with Crippen LogP contribution in [-0.4, -0.2) is 31.8 Å². The van der Waals surface area contributed by atoms with Crippen LogP contribution in [-0.2, 0) is 37.4 Å². The molecule has 0 amide bonds. The molecule has 1 atom stereocenters. The molecule has 94 valence electrons. The zero-order chi connectivity index (χ0) is 12.5. The second-order valence-corrected chi connectivity index (χ2v) is 6.50. The second kappa shape index (κ2) is 6.17. The van der Waals surface area contributed by atoms with Gasteiger partial charge in [-0.1, -0.05) is 19.6 Å². The molecule has 1 rings (SSSR count). The maximum absolute atomic E-state index is 11.9. The average Bonchev–Trinajstić information content (AvgIpc) is 1.98. The van der Waals surface area contributed by atoms with E-state index in [2.05, 4.69) is 24.4 Å². The number of alkyl halides is 5. The van der Waals surface area contributed by atoms with Crippen LogP contribution < -0.4 is 0 Å². The van der Waals surface area contributed by atoms with Gasteiger partial charge in [0.05, 0.1) is 0 Å². The van der Waals surface area contributed by atoms with Gasteiger partial charge in [0, 0.05) is 41.5 Å². The Labute approximate surface area is 117 Å². The molecule has 1 fully saturated rings. The molecule has 1 unspecified atom stereocenters. The van der Waals surface area contributed by atoms with Crippen molar-refractivity contribution in [3.05, 3.63) is 6.61 Å². The van der Waals surface area contributed by atoms with Crippen LogP contribution in [0.4, 0.5) is 22.0 Å². The van der Waals surface area contributed by atoms with Crippen molar-refractivity contribution in [2.75, 3.05) is 0 Å². The first-order valence-electron chi connectivity index (χ1n) is 3.90. The van der Waals surface area contributed by atoms with E-state index in [4.69, 9.17) is 5.11 Å². The van der Waals surface area contributed by atoms with Gasteiger partial charge in [0.1, 0.15) is 0 Å². The average molecular weight is 339 g/mol. The Hall–Kier alpha value is 0.891. The Kier molecular flexibility index (Phi) is 7.42. The molecule has 0 aromatic heterocycles. The van der Waals surface area contributed by atoms with Crippen LogP contribution in [0.2, 0.25) is 19.6 Å². The van der Waals surface area contributed by atoms with Crippen molar-refractivity contribution in [1.82, 2.24) is 0 Å². The standard InChI is InChI=1S/C4H2F5O2.C3H9Si.Y/c5-2(6)1-11-3(2,10)4(7,8)9;1-4(2)3;/h1,10H;1-3H3;/q-1;;. The number of halogens is 5. The minimum atomic E-state index is -5.48. The molecule has 0 bridgehead atoms. The van der Waals surface area contributed by atoms with Crippen LogP contribution in [0.15, 0.2) is 0 Å². The molecule has 16 heavy (non-hydrogen) atoms. The molecule has 9 heteroatoms. The smallest absolute Gasteiger partial charge is 0.443 e. The fourth-order valence-corrected chi connectivity index (χ4v) is 0.515. The van der Waals surface area contributed by atoms with Crippen molar-refractivity contribution < 1.29 is 64.5 Å². The predicted molar refractivity (Wildman–Crippen MR) is 44.7 cm³/mol. The maximum atomic E-state index is 11.9. The van der Waals surface area contributed by atoms with E-state index < -0.39 is 17.9 Å². The number of hydrogen-bond acceptors (Lipinski definition) is 2. The third kappa shape index (κ3) is 4.29. The first-order valence-corrected chi connectivity index (χ1v) is 6.90. The summed E-state index contributed by atoms with van der Waals surface area (Å²) in [5.41, 5.74) is 0. The molecular formula is C7H11F5O2SiY-. The van der Waals surface area contributed by atoms with E-state index in [1.54, 1.807) is 0 Å². The van der Waals surface area contributed by atoms with Gasteiger partial charge in [-0.15, -0.1) is 6.61 Å². The Morgan fingerprint density at radius 1 is 1.19 bits per heavy atom. The van der Waals surface area contributed by atoms with Crippen LogP contribution in [0, 0.1) is 6.61 Å². The number of rotatable bonds is 0. The number of aliphatic hydroxyl groups is 1. The normalized spacial score (nSPS) is 27.4. The van der Waals surface area contributed by atoms with E-state index >= 15 is 0 Å². The minimum absolute atomic E-state index is 0. The van der Waals surface area contributed by atoms with E-state index in [0.717, 1.165) is 0 Å². The van der Waals surface area contributed by atoms with Crippen molar-refractivity contribution in [3.8, 4) is 0 Å². The summed E-state index contributed by atoms with van der Waals surface area (Å²) in [5, 5.41) is 8.15. The molecule has 1 heterocycles. The van der Waals surface area contributed by atoms with Gasteiger partial charge in [-0.05, 0) is 0 Å². The van der Waals surface area contributed by atoms with Gasteiger partial charge < -0.3 is 9.84 Å². The van der Waals surface area contributed by atoms with Crippen molar-refractivity contribution >= 4 is 8.80 Å². The topological polar surface area (TPSA) is 29.5 Å². The van der Waals surface area contributed by atoms with Crippen LogP contribution >= 0.6 is 0 Å². The van der Waals surface area contributed by atoms with E-state index in [9.17, 15) is 22.0 Å². The van der Waals surface area contributed by atoms with Gasteiger partial charge in [-0.3, -0.25) is 0 Å². The molecule has 0 aromatic carbocycles. The van der Waals surface area contributed by atoms with Crippen LogP contribution in [0.3, 0.4) is 0 Å². The van der Waals surface area contributed by atoms with Crippen LogP contribution in [0.1, 0.15) is 0 Å². The summed E-state index contributed by atoms with van der Waals surface area (Å²) in [4.78, 5) is 0. The first-order chi connectivity index (χ1) is 6.44. The molecule has 1 aliphatic heterocycles. The zero-order valence-electron chi connectivity index (χ0n) is 8.90. The van der Waals surface area contributed by atoms with Crippen molar-refractivity contribution in [3.63, 3.8) is 0 Å². The Balaban J connectivity index is 0. The molecule has 2 nitrogen and oxygen atoms in total. The molecule has 1 N–H and O–H groups in total. The SMILES string of the molecule is C[Si](C)C.OC1(C(F)(F)F)O[CH-]C1(F)F.[Y]. The summed E-state index contributed by atoms with van der Waals surface area (Å²) in [6, 6.07) is 0. The van der Waals surface area contributed by atoms with Crippen molar-refractivity contribution in [2.45, 2.75) is 37.5 Å². The van der Waals surface area contributed by atoms with Gasteiger partial charge in [-0.25, -0.2) is 8.78 Å². The third-order valence-corrected chi connectivity index (χ3v) is 1.21. The van der Waals surface area contributed by atoms with E-state index in [1.807, 2.05) is 0 Å². The fourth-order valence-electron chi connectivity index (χ4n) is 0.515. The largest absolute Gasteiger partial charge is 0.512 e. The van der Waals surface area contributed by atoms with Gasteiger partial charge in [0.2, 0.25) is 5.92 Å². The minimum Gasteiger partial charge on any atom is -0.512 e. The van der Waals surface area contributed by atoms with Crippen molar-refractivity contribution in [1.29, 1.82) is 0 Å². The van der Waals surface area contributed by atoms with Crippen LogP contribution in [0.5, 0.6) is 0 Å². The van der Waals surface area contributed by atoms with Crippen LogP contribution in [0.25, 0.3) is 0 Å². The number of ether oxygens (including phenoxy) is 1. The molecule has 1 aliphatic rings. The molecule has 0 aromatic rings. The van der Waals surface area contributed by atoms with Crippen molar-refractivity contribution in [2.24, 2.45) is 0 Å². The molecular weight excluding hydrogens is 328 g/mol. The Morgan fingerprint density at radius 2 is 1.50 bits per heavy atom. The molecule has 1 saturated heterocycles. The fraction of sp³-hybridized carbons (Fsp3) is 0.857. The summed E-state index contributed by atoms with van der Waals surface area (Å²) in [6.07, 6.45) is -5.48. The maximum Gasteiger partial charge on any atom is 0.443 e. The number of hydrogen-bond donors (Lipinski definition) is 1. The second-order valence-electron chi connectivity index (χ2n) is 3.50. The first kappa shape index (κ1) is 19.2. The molecule has 0 aliphatic carbocycles. The van der Waals surface area contributed by atoms with E-state index in [-0.39, 0.29) is 48.1 Å². The Morgan fingerprint density at radius 3 is 1.50 bits per heavy atom.